The summed E-state index contributed by atoms with van der Waals surface area (Å²) in [6, 6.07) is 10.7. The Hall–Kier alpha value is -3.28. The standard InChI is InChI=1S/C20H20N2O4/c1-11-4-5-12(2)18-17(11)13(3)19(26-18)20(24)22-14-6-8-15(9-7-14)25-10-16(21)23/h4-9H,10H2,1-3H3,(H2,21,23)(H,22,24). The summed E-state index contributed by atoms with van der Waals surface area (Å²) in [5.41, 5.74) is 9.25. The zero-order valence-electron chi connectivity index (χ0n) is 14.9. The summed E-state index contributed by atoms with van der Waals surface area (Å²) in [5, 5.41) is 3.79. The molecule has 0 aliphatic rings. The molecule has 2 aromatic carbocycles. The number of primary amides is 1. The highest BCUT2D eigenvalue weighted by Gasteiger charge is 2.20. The first-order chi connectivity index (χ1) is 12.4. The number of hydrogen-bond donors (Lipinski definition) is 2. The Morgan fingerprint density at radius 2 is 1.69 bits per heavy atom. The number of carbonyl (C=O) groups excluding carboxylic acids is 2. The summed E-state index contributed by atoms with van der Waals surface area (Å²) >= 11 is 0. The van der Waals surface area contributed by atoms with Crippen molar-refractivity contribution in [3.63, 3.8) is 0 Å². The van der Waals surface area contributed by atoms with Crippen LogP contribution in [-0.2, 0) is 4.79 Å². The first-order valence-electron chi connectivity index (χ1n) is 8.18. The lowest BCUT2D eigenvalue weighted by Gasteiger charge is -2.06. The van der Waals surface area contributed by atoms with Crippen LogP contribution in [0, 0.1) is 20.8 Å². The zero-order valence-corrected chi connectivity index (χ0v) is 14.9. The topological polar surface area (TPSA) is 94.6 Å². The zero-order chi connectivity index (χ0) is 18.8. The molecule has 0 bridgehead atoms. The van der Waals surface area contributed by atoms with Gasteiger partial charge in [-0.2, -0.15) is 0 Å². The lowest BCUT2D eigenvalue weighted by molar-refractivity contribution is -0.119. The average Bonchev–Trinajstić information content (AvgIpc) is 2.96. The molecule has 0 atom stereocenters. The Morgan fingerprint density at radius 1 is 1.04 bits per heavy atom. The van der Waals surface area contributed by atoms with Gasteiger partial charge in [-0.15, -0.1) is 0 Å². The minimum atomic E-state index is -0.548. The van der Waals surface area contributed by atoms with Crippen LogP contribution in [-0.4, -0.2) is 18.4 Å². The molecule has 1 aromatic heterocycles. The van der Waals surface area contributed by atoms with E-state index in [9.17, 15) is 9.59 Å². The highest BCUT2D eigenvalue weighted by Crippen LogP contribution is 2.31. The van der Waals surface area contributed by atoms with E-state index in [1.807, 2.05) is 32.9 Å². The third-order valence-corrected chi connectivity index (χ3v) is 4.18. The Balaban J connectivity index is 1.81. The van der Waals surface area contributed by atoms with Crippen molar-refractivity contribution >= 4 is 28.5 Å². The van der Waals surface area contributed by atoms with E-state index < -0.39 is 5.91 Å². The van der Waals surface area contributed by atoms with Gasteiger partial charge in [-0.25, -0.2) is 0 Å². The number of furan rings is 1. The molecule has 0 aliphatic heterocycles. The number of hydrogen-bond acceptors (Lipinski definition) is 4. The summed E-state index contributed by atoms with van der Waals surface area (Å²) < 4.78 is 11.0. The second-order valence-electron chi connectivity index (χ2n) is 6.19. The van der Waals surface area contributed by atoms with Crippen molar-refractivity contribution in [1.29, 1.82) is 0 Å². The van der Waals surface area contributed by atoms with E-state index in [2.05, 4.69) is 5.32 Å². The molecular weight excluding hydrogens is 332 g/mol. The van der Waals surface area contributed by atoms with Gasteiger partial charge in [0, 0.05) is 16.6 Å². The third kappa shape index (κ3) is 3.39. The molecule has 0 aliphatic carbocycles. The summed E-state index contributed by atoms with van der Waals surface area (Å²) in [7, 11) is 0. The van der Waals surface area contributed by atoms with Gasteiger partial charge in [0.05, 0.1) is 0 Å². The van der Waals surface area contributed by atoms with E-state index in [0.717, 1.165) is 27.7 Å². The fourth-order valence-electron chi connectivity index (χ4n) is 2.87. The highest BCUT2D eigenvalue weighted by atomic mass is 16.5. The van der Waals surface area contributed by atoms with Gasteiger partial charge in [-0.3, -0.25) is 9.59 Å². The van der Waals surface area contributed by atoms with Crippen LogP contribution in [0.4, 0.5) is 5.69 Å². The largest absolute Gasteiger partial charge is 0.484 e. The number of amides is 2. The molecule has 1 heterocycles. The lowest BCUT2D eigenvalue weighted by atomic mass is 10.0. The van der Waals surface area contributed by atoms with Gasteiger partial charge in [-0.05, 0) is 56.2 Å². The molecular formula is C20H20N2O4. The van der Waals surface area contributed by atoms with E-state index in [0.29, 0.717) is 17.2 Å². The number of fused-ring (bicyclic) bond motifs is 1. The molecule has 3 N–H and O–H groups in total. The van der Waals surface area contributed by atoms with Crippen molar-refractivity contribution in [1.82, 2.24) is 0 Å². The molecule has 3 aromatic rings. The van der Waals surface area contributed by atoms with Crippen molar-refractivity contribution in [3.05, 3.63) is 58.8 Å². The van der Waals surface area contributed by atoms with Crippen LogP contribution in [0.15, 0.2) is 40.8 Å². The molecule has 0 unspecified atom stereocenters. The van der Waals surface area contributed by atoms with Crippen LogP contribution in [0.3, 0.4) is 0 Å². The molecule has 2 amide bonds. The Kier molecular flexibility index (Phi) is 4.67. The number of rotatable bonds is 5. The maximum Gasteiger partial charge on any atom is 0.291 e. The van der Waals surface area contributed by atoms with Crippen molar-refractivity contribution in [2.75, 3.05) is 11.9 Å². The molecule has 134 valence electrons. The maximum absolute atomic E-state index is 12.6. The molecule has 26 heavy (non-hydrogen) atoms. The van der Waals surface area contributed by atoms with E-state index in [1.54, 1.807) is 24.3 Å². The predicted molar refractivity (Wildman–Crippen MR) is 99.5 cm³/mol. The number of nitrogens with two attached hydrogens (primary N) is 1. The fraction of sp³-hybridized carbons (Fsp3) is 0.200. The van der Waals surface area contributed by atoms with Crippen LogP contribution in [0.25, 0.3) is 11.0 Å². The lowest BCUT2D eigenvalue weighted by Crippen LogP contribution is -2.20. The second kappa shape index (κ2) is 6.92. The first kappa shape index (κ1) is 17.5. The Bertz CT molecular complexity index is 987. The van der Waals surface area contributed by atoms with Gasteiger partial charge in [-0.1, -0.05) is 12.1 Å². The van der Waals surface area contributed by atoms with Gasteiger partial charge in [0.1, 0.15) is 11.3 Å². The van der Waals surface area contributed by atoms with E-state index in [-0.39, 0.29) is 12.5 Å². The minimum absolute atomic E-state index is 0.192. The van der Waals surface area contributed by atoms with E-state index >= 15 is 0 Å². The molecule has 6 nitrogen and oxygen atoms in total. The van der Waals surface area contributed by atoms with Crippen molar-refractivity contribution in [2.45, 2.75) is 20.8 Å². The number of ether oxygens (including phenoxy) is 1. The van der Waals surface area contributed by atoms with E-state index in [1.165, 1.54) is 0 Å². The Labute approximate surface area is 150 Å². The smallest absolute Gasteiger partial charge is 0.291 e. The molecule has 0 saturated heterocycles. The van der Waals surface area contributed by atoms with E-state index in [4.69, 9.17) is 14.9 Å². The van der Waals surface area contributed by atoms with Crippen molar-refractivity contribution in [2.24, 2.45) is 5.73 Å². The van der Waals surface area contributed by atoms with Crippen molar-refractivity contribution < 1.29 is 18.7 Å². The summed E-state index contributed by atoms with van der Waals surface area (Å²) in [5.74, 6) is -0.0731. The summed E-state index contributed by atoms with van der Waals surface area (Å²) in [6.45, 7) is 5.64. The fourth-order valence-corrected chi connectivity index (χ4v) is 2.87. The molecule has 0 radical (unpaired) electrons. The van der Waals surface area contributed by atoms with Crippen LogP contribution < -0.4 is 15.8 Å². The highest BCUT2D eigenvalue weighted by molar-refractivity contribution is 6.07. The SMILES string of the molecule is Cc1ccc(C)c2c(C)c(C(=O)Nc3ccc(OCC(N)=O)cc3)oc12. The average molecular weight is 352 g/mol. The van der Waals surface area contributed by atoms with Crippen molar-refractivity contribution in [3.8, 4) is 5.75 Å². The quantitative estimate of drug-likeness (QED) is 0.735. The molecule has 3 rings (SSSR count). The molecule has 6 heteroatoms. The van der Waals surface area contributed by atoms with Crippen LogP contribution >= 0.6 is 0 Å². The van der Waals surface area contributed by atoms with Gasteiger partial charge in [0.25, 0.3) is 11.8 Å². The monoisotopic (exact) mass is 352 g/mol. The number of aryl methyl sites for hydroxylation is 3. The number of carbonyl (C=O) groups is 2. The van der Waals surface area contributed by atoms with Gasteiger partial charge < -0.3 is 20.2 Å². The number of anilines is 1. The molecule has 0 saturated carbocycles. The molecule has 0 spiro atoms. The summed E-state index contributed by atoms with van der Waals surface area (Å²) in [4.78, 5) is 23.4. The third-order valence-electron chi connectivity index (χ3n) is 4.18. The van der Waals surface area contributed by atoms with Gasteiger partial charge in [0.2, 0.25) is 0 Å². The first-order valence-corrected chi connectivity index (χ1v) is 8.18. The van der Waals surface area contributed by atoms with Gasteiger partial charge >= 0.3 is 0 Å². The predicted octanol–water partition coefficient (Wildman–Crippen LogP) is 3.47. The normalized spacial score (nSPS) is 10.7. The maximum atomic E-state index is 12.6. The van der Waals surface area contributed by atoms with Crippen LogP contribution in [0.2, 0.25) is 0 Å². The van der Waals surface area contributed by atoms with Crippen LogP contribution in [0.1, 0.15) is 27.2 Å². The Morgan fingerprint density at radius 3 is 2.31 bits per heavy atom. The van der Waals surface area contributed by atoms with Gasteiger partial charge in [0.15, 0.2) is 12.4 Å². The van der Waals surface area contributed by atoms with Crippen LogP contribution in [0.5, 0.6) is 5.75 Å². The summed E-state index contributed by atoms with van der Waals surface area (Å²) in [6.07, 6.45) is 0. The number of benzene rings is 2. The minimum Gasteiger partial charge on any atom is -0.484 e. The molecule has 0 fully saturated rings. The number of nitrogens with one attached hydrogen (secondary N) is 1. The second-order valence-corrected chi connectivity index (χ2v) is 6.19.